The van der Waals surface area contributed by atoms with Crippen molar-refractivity contribution in [2.75, 3.05) is 46.3 Å². The van der Waals surface area contributed by atoms with Crippen molar-refractivity contribution in [2.24, 2.45) is 5.14 Å². The predicted molar refractivity (Wildman–Crippen MR) is 101 cm³/mol. The van der Waals surface area contributed by atoms with Crippen molar-refractivity contribution in [3.63, 3.8) is 0 Å². The van der Waals surface area contributed by atoms with Crippen molar-refractivity contribution in [1.29, 1.82) is 0 Å². The highest BCUT2D eigenvalue weighted by molar-refractivity contribution is 7.91. The van der Waals surface area contributed by atoms with Gasteiger partial charge in [0.05, 0.1) is 0 Å². The number of piperazine rings is 1. The molecule has 0 aromatic carbocycles. The molecular formula is C16H26N4O3S2. The quantitative estimate of drug-likeness (QED) is 0.780. The number of nitrogens with two attached hydrogens (primary N) is 1. The molecule has 140 valence electrons. The maximum absolute atomic E-state index is 11.4. The van der Waals surface area contributed by atoms with Crippen LogP contribution in [0.3, 0.4) is 0 Å². The van der Waals surface area contributed by atoms with Crippen LogP contribution < -0.4 is 5.14 Å². The number of hydrogen-bond donors (Lipinski definition) is 1. The zero-order valence-corrected chi connectivity index (χ0v) is 16.6. The zero-order valence-electron chi connectivity index (χ0n) is 14.9. The molecule has 1 saturated heterocycles. The first-order valence-electron chi connectivity index (χ1n) is 8.16. The van der Waals surface area contributed by atoms with Gasteiger partial charge in [0, 0.05) is 58.1 Å². The minimum atomic E-state index is -3.64. The molecule has 1 aliphatic rings. The van der Waals surface area contributed by atoms with Crippen molar-refractivity contribution in [2.45, 2.75) is 18.1 Å². The molecule has 0 unspecified atom stereocenters. The molecule has 1 amide bonds. The SMILES string of the molecule is CC(=O)N1CCN(CCN(C)/C=C\c2cc(S(N)(=O)=O)sc2C)CC1. The number of carbonyl (C=O) groups excluding carboxylic acids is 1. The number of likely N-dealkylation sites (N-methyl/N-ethyl adjacent to an activating group) is 1. The van der Waals surface area contributed by atoms with E-state index in [-0.39, 0.29) is 10.1 Å². The van der Waals surface area contributed by atoms with Crippen molar-refractivity contribution < 1.29 is 13.2 Å². The lowest BCUT2D eigenvalue weighted by atomic mass is 10.2. The van der Waals surface area contributed by atoms with Crippen molar-refractivity contribution in [1.82, 2.24) is 14.7 Å². The van der Waals surface area contributed by atoms with Crippen LogP contribution in [0.5, 0.6) is 0 Å². The summed E-state index contributed by atoms with van der Waals surface area (Å²) >= 11 is 1.19. The lowest BCUT2D eigenvalue weighted by Crippen LogP contribution is -2.49. The monoisotopic (exact) mass is 386 g/mol. The smallest absolute Gasteiger partial charge is 0.247 e. The fraction of sp³-hybridized carbons (Fsp3) is 0.562. The molecule has 0 radical (unpaired) electrons. The number of amides is 1. The van der Waals surface area contributed by atoms with Crippen molar-refractivity contribution in [3.05, 3.63) is 22.7 Å². The average Bonchev–Trinajstić information content (AvgIpc) is 2.92. The Hall–Kier alpha value is -1.42. The van der Waals surface area contributed by atoms with Crippen molar-refractivity contribution >= 4 is 33.3 Å². The van der Waals surface area contributed by atoms with E-state index >= 15 is 0 Å². The van der Waals surface area contributed by atoms with Gasteiger partial charge in [-0.3, -0.25) is 9.69 Å². The van der Waals surface area contributed by atoms with Crippen LogP contribution in [0.25, 0.3) is 6.08 Å². The van der Waals surface area contributed by atoms with Gasteiger partial charge in [-0.05, 0) is 30.8 Å². The minimum absolute atomic E-state index is 0.143. The Morgan fingerprint density at radius 1 is 1.36 bits per heavy atom. The normalized spacial score (nSPS) is 16.6. The third-order valence-corrected chi connectivity index (χ3v) is 6.80. The first kappa shape index (κ1) is 19.9. The molecule has 2 N–H and O–H groups in total. The highest BCUT2D eigenvalue weighted by Crippen LogP contribution is 2.25. The predicted octanol–water partition coefficient (Wildman–Crippen LogP) is 0.771. The molecular weight excluding hydrogens is 360 g/mol. The summed E-state index contributed by atoms with van der Waals surface area (Å²) in [7, 11) is -1.65. The molecule has 25 heavy (non-hydrogen) atoms. The van der Waals surface area contributed by atoms with E-state index in [1.807, 2.05) is 31.1 Å². The van der Waals surface area contributed by atoms with Crippen LogP contribution in [0.4, 0.5) is 0 Å². The van der Waals surface area contributed by atoms with Gasteiger partial charge in [0.1, 0.15) is 4.21 Å². The Labute approximate surface area is 153 Å². The molecule has 0 aliphatic carbocycles. The molecule has 2 heterocycles. The summed E-state index contributed by atoms with van der Waals surface area (Å²) in [4.78, 5) is 18.6. The van der Waals surface area contributed by atoms with Gasteiger partial charge >= 0.3 is 0 Å². The van der Waals surface area contributed by atoms with Gasteiger partial charge in [-0.2, -0.15) is 0 Å². The number of nitrogens with zero attached hydrogens (tertiary/aromatic N) is 3. The number of sulfonamides is 1. The molecule has 1 aromatic heterocycles. The van der Waals surface area contributed by atoms with E-state index in [1.54, 1.807) is 13.0 Å². The van der Waals surface area contributed by atoms with Gasteiger partial charge in [-0.1, -0.05) is 0 Å². The van der Waals surface area contributed by atoms with Gasteiger partial charge in [0.2, 0.25) is 15.9 Å². The fourth-order valence-corrected chi connectivity index (χ4v) is 4.50. The highest BCUT2D eigenvalue weighted by Gasteiger charge is 2.18. The summed E-state index contributed by atoms with van der Waals surface area (Å²) in [6.07, 6.45) is 3.86. The topological polar surface area (TPSA) is 86.9 Å². The molecule has 2 rings (SSSR count). The van der Waals surface area contributed by atoms with Crippen LogP contribution in [0.1, 0.15) is 17.4 Å². The molecule has 0 bridgehead atoms. The Balaban J connectivity index is 1.83. The van der Waals surface area contributed by atoms with Crippen LogP contribution >= 0.6 is 11.3 Å². The lowest BCUT2D eigenvalue weighted by Gasteiger charge is -2.34. The number of rotatable bonds is 6. The van der Waals surface area contributed by atoms with Crippen LogP contribution in [-0.4, -0.2) is 75.3 Å². The molecule has 0 spiro atoms. The molecule has 9 heteroatoms. The molecule has 1 aliphatic heterocycles. The number of carbonyl (C=O) groups is 1. The Morgan fingerprint density at radius 3 is 2.52 bits per heavy atom. The number of hydrogen-bond acceptors (Lipinski definition) is 6. The van der Waals surface area contributed by atoms with Gasteiger partial charge in [-0.15, -0.1) is 11.3 Å². The molecule has 7 nitrogen and oxygen atoms in total. The summed E-state index contributed by atoms with van der Waals surface area (Å²) in [5.41, 5.74) is 0.871. The number of thiophene rings is 1. The first-order chi connectivity index (χ1) is 11.7. The van der Waals surface area contributed by atoms with Crippen molar-refractivity contribution in [3.8, 4) is 0 Å². The van der Waals surface area contributed by atoms with E-state index in [2.05, 4.69) is 9.80 Å². The van der Waals surface area contributed by atoms with Gasteiger partial charge in [-0.25, -0.2) is 13.6 Å². The second kappa shape index (κ2) is 8.31. The Bertz CT molecular complexity index is 735. The number of aryl methyl sites for hydroxylation is 1. The minimum Gasteiger partial charge on any atom is -0.379 e. The van der Waals surface area contributed by atoms with E-state index < -0.39 is 10.0 Å². The standard InChI is InChI=1S/C16H26N4O3S2/c1-13-15(12-16(24-13)25(17,22)23)4-5-18(3)6-7-19-8-10-20(11-9-19)14(2)21/h4-5,12H,6-11H2,1-3H3,(H2,17,22,23)/b5-4-. The summed E-state index contributed by atoms with van der Waals surface area (Å²) in [6, 6.07) is 1.61. The average molecular weight is 387 g/mol. The molecule has 0 saturated carbocycles. The molecule has 1 fully saturated rings. The van der Waals surface area contributed by atoms with Gasteiger partial charge in [0.15, 0.2) is 0 Å². The van der Waals surface area contributed by atoms with Gasteiger partial charge < -0.3 is 9.80 Å². The van der Waals surface area contributed by atoms with E-state index in [0.29, 0.717) is 0 Å². The van der Waals surface area contributed by atoms with E-state index in [9.17, 15) is 13.2 Å². The second-order valence-corrected chi connectivity index (χ2v) is 9.31. The highest BCUT2D eigenvalue weighted by atomic mass is 32.2. The first-order valence-corrected chi connectivity index (χ1v) is 10.5. The Morgan fingerprint density at radius 2 is 2.00 bits per heavy atom. The van der Waals surface area contributed by atoms with Crippen LogP contribution in [0.2, 0.25) is 0 Å². The number of primary sulfonamides is 1. The molecule has 1 aromatic rings. The van der Waals surface area contributed by atoms with Gasteiger partial charge in [0.25, 0.3) is 0 Å². The van der Waals surface area contributed by atoms with Crippen LogP contribution in [0.15, 0.2) is 16.5 Å². The summed E-state index contributed by atoms with van der Waals surface area (Å²) in [6.45, 7) is 8.67. The van der Waals surface area contributed by atoms with Crippen LogP contribution in [0, 0.1) is 6.92 Å². The summed E-state index contributed by atoms with van der Waals surface area (Å²) in [5, 5.41) is 5.17. The summed E-state index contributed by atoms with van der Waals surface area (Å²) in [5.74, 6) is 0.143. The maximum atomic E-state index is 11.4. The van der Waals surface area contributed by atoms with E-state index in [1.165, 1.54) is 11.3 Å². The third-order valence-electron chi connectivity index (χ3n) is 4.31. The zero-order chi connectivity index (χ0) is 18.6. The largest absolute Gasteiger partial charge is 0.379 e. The molecule has 0 atom stereocenters. The van der Waals surface area contributed by atoms with E-state index in [0.717, 1.165) is 49.7 Å². The van der Waals surface area contributed by atoms with Crippen LogP contribution in [-0.2, 0) is 14.8 Å². The summed E-state index contributed by atoms with van der Waals surface area (Å²) < 4.78 is 23.0. The Kier molecular flexibility index (Phi) is 6.61. The lowest BCUT2D eigenvalue weighted by molar-refractivity contribution is -0.130. The fourth-order valence-electron chi connectivity index (χ4n) is 2.64. The van der Waals surface area contributed by atoms with E-state index in [4.69, 9.17) is 5.14 Å². The second-order valence-electron chi connectivity index (χ2n) is 6.27. The third kappa shape index (κ3) is 5.81. The maximum Gasteiger partial charge on any atom is 0.247 e.